The number of hydrogen-bond donors (Lipinski definition) is 1. The van der Waals surface area contributed by atoms with Crippen molar-refractivity contribution in [3.63, 3.8) is 0 Å². The molecule has 5 heteroatoms. The van der Waals surface area contributed by atoms with Gasteiger partial charge in [0.15, 0.2) is 0 Å². The number of hydrogen-bond acceptors (Lipinski definition) is 2. The normalized spacial score (nSPS) is 14.2. The van der Waals surface area contributed by atoms with E-state index in [9.17, 15) is 9.59 Å². The van der Waals surface area contributed by atoms with E-state index < -0.39 is 0 Å². The standard InChI is InChI=1S/C27H25ClN2O2/c28-24-15-7-5-13-21(24)19-23(20-11-3-1-4-12-20)26(31)29-25-16-8-6-14-22(25)27(32)30-17-9-2-10-18-30/h1,3-8,11-16,19H,2,9-10,17-18H2,(H,29,31)/b23-19+. The Kier molecular flexibility index (Phi) is 7.03. The fourth-order valence-electron chi connectivity index (χ4n) is 3.88. The van der Waals surface area contributed by atoms with Crippen LogP contribution in [0.25, 0.3) is 11.6 Å². The Morgan fingerprint density at radius 1 is 0.812 bits per heavy atom. The van der Waals surface area contributed by atoms with Crippen molar-refractivity contribution in [1.29, 1.82) is 0 Å². The minimum Gasteiger partial charge on any atom is -0.339 e. The zero-order valence-corrected chi connectivity index (χ0v) is 18.5. The van der Waals surface area contributed by atoms with Crippen LogP contribution in [-0.4, -0.2) is 29.8 Å². The number of halogens is 1. The molecule has 0 spiro atoms. The van der Waals surface area contributed by atoms with Gasteiger partial charge >= 0.3 is 0 Å². The summed E-state index contributed by atoms with van der Waals surface area (Å²) in [5, 5.41) is 3.54. The molecule has 4 nitrogen and oxygen atoms in total. The van der Waals surface area contributed by atoms with E-state index in [0.29, 0.717) is 21.8 Å². The Bertz CT molecular complexity index is 1140. The molecule has 3 aromatic carbocycles. The summed E-state index contributed by atoms with van der Waals surface area (Å²) in [4.78, 5) is 28.4. The topological polar surface area (TPSA) is 49.4 Å². The van der Waals surface area contributed by atoms with Crippen molar-refractivity contribution in [2.75, 3.05) is 18.4 Å². The maximum atomic E-state index is 13.4. The van der Waals surface area contributed by atoms with Gasteiger partial charge in [0.05, 0.1) is 11.3 Å². The third kappa shape index (κ3) is 5.09. The predicted octanol–water partition coefficient (Wildman–Crippen LogP) is 6.15. The lowest BCUT2D eigenvalue weighted by Gasteiger charge is -2.27. The molecule has 0 aromatic heterocycles. The average Bonchev–Trinajstić information content (AvgIpc) is 2.84. The molecule has 1 saturated heterocycles. The van der Waals surface area contributed by atoms with Crippen LogP contribution in [0.15, 0.2) is 78.9 Å². The minimum atomic E-state index is -0.296. The molecule has 0 aliphatic carbocycles. The van der Waals surface area contributed by atoms with Crippen molar-refractivity contribution >= 4 is 40.8 Å². The summed E-state index contributed by atoms with van der Waals surface area (Å²) in [6.45, 7) is 1.51. The quantitative estimate of drug-likeness (QED) is 0.379. The molecule has 1 N–H and O–H groups in total. The van der Waals surface area contributed by atoms with Gasteiger partial charge in [0, 0.05) is 23.7 Å². The molecule has 162 valence electrons. The Balaban J connectivity index is 1.66. The van der Waals surface area contributed by atoms with Crippen LogP contribution in [-0.2, 0) is 4.79 Å². The summed E-state index contributed by atoms with van der Waals surface area (Å²) in [6.07, 6.45) is 4.95. The molecule has 4 rings (SSSR count). The number of nitrogens with one attached hydrogen (secondary N) is 1. The number of carbonyl (C=O) groups excluding carboxylic acids is 2. The zero-order chi connectivity index (χ0) is 22.3. The van der Waals surface area contributed by atoms with E-state index >= 15 is 0 Å². The number of piperidine rings is 1. The summed E-state index contributed by atoms with van der Waals surface area (Å²) in [7, 11) is 0. The van der Waals surface area contributed by atoms with E-state index in [1.807, 2.05) is 65.6 Å². The molecule has 1 fully saturated rings. The van der Waals surface area contributed by atoms with Crippen molar-refractivity contribution in [1.82, 2.24) is 4.90 Å². The van der Waals surface area contributed by atoms with Crippen LogP contribution < -0.4 is 5.32 Å². The van der Waals surface area contributed by atoms with Gasteiger partial charge in [-0.25, -0.2) is 0 Å². The number of benzene rings is 3. The van der Waals surface area contributed by atoms with E-state index in [-0.39, 0.29) is 11.8 Å². The van der Waals surface area contributed by atoms with Crippen molar-refractivity contribution in [2.24, 2.45) is 0 Å². The highest BCUT2D eigenvalue weighted by molar-refractivity contribution is 6.34. The van der Waals surface area contributed by atoms with Crippen LogP contribution >= 0.6 is 11.6 Å². The molecule has 1 heterocycles. The van der Waals surface area contributed by atoms with Crippen LogP contribution in [0.5, 0.6) is 0 Å². The summed E-state index contributed by atoms with van der Waals surface area (Å²) in [5.74, 6) is -0.341. The second-order valence-electron chi connectivity index (χ2n) is 7.80. The molecule has 0 atom stereocenters. The molecule has 0 radical (unpaired) electrons. The third-order valence-corrected chi connectivity index (χ3v) is 5.93. The number of anilines is 1. The highest BCUT2D eigenvalue weighted by atomic mass is 35.5. The minimum absolute atomic E-state index is 0.0445. The molecule has 0 unspecified atom stereocenters. The van der Waals surface area contributed by atoms with Gasteiger partial charge < -0.3 is 10.2 Å². The fraction of sp³-hybridized carbons (Fsp3) is 0.185. The first-order valence-electron chi connectivity index (χ1n) is 10.8. The van der Waals surface area contributed by atoms with Gasteiger partial charge in [0.1, 0.15) is 0 Å². The number of likely N-dealkylation sites (tertiary alicyclic amines) is 1. The zero-order valence-electron chi connectivity index (χ0n) is 17.8. The van der Waals surface area contributed by atoms with Gasteiger partial charge in [-0.3, -0.25) is 9.59 Å². The Morgan fingerprint density at radius 2 is 1.47 bits per heavy atom. The summed E-state index contributed by atoms with van der Waals surface area (Å²) in [5.41, 5.74) is 3.01. The lowest BCUT2D eigenvalue weighted by Crippen LogP contribution is -2.36. The molecule has 1 aliphatic rings. The molecule has 32 heavy (non-hydrogen) atoms. The van der Waals surface area contributed by atoms with Crippen LogP contribution in [0.1, 0.15) is 40.7 Å². The van der Waals surface area contributed by atoms with E-state index in [1.165, 1.54) is 0 Å². The second-order valence-corrected chi connectivity index (χ2v) is 8.21. The highest BCUT2D eigenvalue weighted by Crippen LogP contribution is 2.26. The Morgan fingerprint density at radius 3 is 2.22 bits per heavy atom. The summed E-state index contributed by atoms with van der Waals surface area (Å²) < 4.78 is 0. The smallest absolute Gasteiger partial charge is 0.256 e. The van der Waals surface area contributed by atoms with Gasteiger partial charge in [-0.2, -0.15) is 0 Å². The van der Waals surface area contributed by atoms with Crippen molar-refractivity contribution in [3.8, 4) is 0 Å². The number of amides is 2. The largest absolute Gasteiger partial charge is 0.339 e. The van der Waals surface area contributed by atoms with E-state index in [4.69, 9.17) is 11.6 Å². The SMILES string of the molecule is O=C(Nc1ccccc1C(=O)N1CCCCC1)/C(=C/c1ccccc1Cl)c1ccccc1. The van der Waals surface area contributed by atoms with Gasteiger partial charge in [0.2, 0.25) is 0 Å². The molecule has 0 saturated carbocycles. The number of rotatable bonds is 5. The summed E-state index contributed by atoms with van der Waals surface area (Å²) in [6, 6.07) is 24.0. The van der Waals surface area contributed by atoms with Gasteiger partial charge in [-0.05, 0) is 54.7 Å². The molecular weight excluding hydrogens is 420 g/mol. The lowest BCUT2D eigenvalue weighted by atomic mass is 10.0. The third-order valence-electron chi connectivity index (χ3n) is 5.58. The fourth-order valence-corrected chi connectivity index (χ4v) is 4.07. The van der Waals surface area contributed by atoms with Crippen LogP contribution in [0.4, 0.5) is 5.69 Å². The van der Waals surface area contributed by atoms with Crippen LogP contribution in [0, 0.1) is 0 Å². The van der Waals surface area contributed by atoms with Crippen molar-refractivity contribution in [2.45, 2.75) is 19.3 Å². The maximum Gasteiger partial charge on any atom is 0.256 e. The Labute approximate surface area is 193 Å². The van der Waals surface area contributed by atoms with Crippen molar-refractivity contribution in [3.05, 3.63) is 101 Å². The van der Waals surface area contributed by atoms with Gasteiger partial charge in [-0.1, -0.05) is 72.3 Å². The molecule has 3 aromatic rings. The van der Waals surface area contributed by atoms with Crippen LogP contribution in [0.2, 0.25) is 5.02 Å². The van der Waals surface area contributed by atoms with Crippen LogP contribution in [0.3, 0.4) is 0 Å². The first-order valence-corrected chi connectivity index (χ1v) is 11.2. The van der Waals surface area contributed by atoms with Gasteiger partial charge in [0.25, 0.3) is 11.8 Å². The van der Waals surface area contributed by atoms with E-state index in [2.05, 4.69) is 5.32 Å². The number of para-hydroxylation sites is 1. The van der Waals surface area contributed by atoms with Gasteiger partial charge in [-0.15, -0.1) is 0 Å². The average molecular weight is 445 g/mol. The van der Waals surface area contributed by atoms with E-state index in [1.54, 1.807) is 24.3 Å². The van der Waals surface area contributed by atoms with Crippen molar-refractivity contribution < 1.29 is 9.59 Å². The first-order chi connectivity index (χ1) is 15.6. The first kappa shape index (κ1) is 21.8. The number of nitrogens with zero attached hydrogens (tertiary/aromatic N) is 1. The second kappa shape index (κ2) is 10.3. The monoisotopic (exact) mass is 444 g/mol. The molecule has 1 aliphatic heterocycles. The maximum absolute atomic E-state index is 13.4. The molecule has 2 amide bonds. The number of carbonyl (C=O) groups is 2. The predicted molar refractivity (Wildman–Crippen MR) is 131 cm³/mol. The highest BCUT2D eigenvalue weighted by Gasteiger charge is 2.22. The lowest BCUT2D eigenvalue weighted by molar-refractivity contribution is -0.111. The summed E-state index contributed by atoms with van der Waals surface area (Å²) >= 11 is 6.35. The Hall–Kier alpha value is -3.37. The van der Waals surface area contributed by atoms with E-state index in [0.717, 1.165) is 43.5 Å². The molecule has 0 bridgehead atoms. The molecular formula is C27H25ClN2O2.